The van der Waals surface area contributed by atoms with Crippen LogP contribution in [0.3, 0.4) is 0 Å². The van der Waals surface area contributed by atoms with Crippen molar-refractivity contribution in [3.63, 3.8) is 0 Å². The van der Waals surface area contributed by atoms with Gasteiger partial charge in [0.1, 0.15) is 11.1 Å². The highest BCUT2D eigenvalue weighted by Gasteiger charge is 2.41. The molecular formula is C18H23NO7S. The third-order valence-corrected chi connectivity index (χ3v) is 5.49. The third-order valence-electron chi connectivity index (χ3n) is 4.22. The van der Waals surface area contributed by atoms with Gasteiger partial charge in [-0.25, -0.2) is 4.79 Å². The van der Waals surface area contributed by atoms with Crippen LogP contribution in [0, 0.1) is 0 Å². The maximum Gasteiger partial charge on any atom is 0.507 e. The van der Waals surface area contributed by atoms with Gasteiger partial charge in [-0.05, 0) is 18.9 Å². The lowest BCUT2D eigenvalue weighted by Crippen LogP contribution is -2.40. The van der Waals surface area contributed by atoms with Gasteiger partial charge in [0.15, 0.2) is 6.23 Å². The summed E-state index contributed by atoms with van der Waals surface area (Å²) in [5.41, 5.74) is 0.536. The molecule has 1 aliphatic rings. The highest BCUT2D eigenvalue weighted by molar-refractivity contribution is 7.99. The minimum Gasteiger partial charge on any atom is -0.508 e. The minimum atomic E-state index is -1.45. The number of phenolic OH excluding ortho intramolecular Hbond substituents is 1. The average Bonchev–Trinajstić information content (AvgIpc) is 3.00. The molecule has 0 spiro atoms. The molecule has 1 aromatic carbocycles. The lowest BCUT2D eigenvalue weighted by molar-refractivity contribution is -0.141. The fraction of sp³-hybridized carbons (Fsp3) is 0.500. The summed E-state index contributed by atoms with van der Waals surface area (Å²) in [6, 6.07) is 6.63. The molecule has 0 aromatic heterocycles. The molecule has 1 saturated heterocycles. The maximum atomic E-state index is 12.7. The summed E-state index contributed by atoms with van der Waals surface area (Å²) in [6.45, 7) is 0. The number of carboxylic acids is 1. The molecule has 2 atom stereocenters. The van der Waals surface area contributed by atoms with Gasteiger partial charge in [-0.1, -0.05) is 31.0 Å². The van der Waals surface area contributed by atoms with Crippen molar-refractivity contribution in [2.75, 3.05) is 5.75 Å². The molecule has 0 bridgehead atoms. The summed E-state index contributed by atoms with van der Waals surface area (Å²) in [4.78, 5) is 35.6. The number of rotatable bonds is 9. The topological polar surface area (TPSA) is 124 Å². The number of hydrogen-bond donors (Lipinski definition) is 3. The van der Waals surface area contributed by atoms with Crippen molar-refractivity contribution < 1.29 is 34.4 Å². The smallest absolute Gasteiger partial charge is 0.507 e. The lowest BCUT2D eigenvalue weighted by atomic mass is 10.1. The minimum absolute atomic E-state index is 0.0393. The highest BCUT2D eigenvalue weighted by atomic mass is 32.2. The van der Waals surface area contributed by atoms with Gasteiger partial charge in [0, 0.05) is 18.4 Å². The Kier molecular flexibility index (Phi) is 7.78. The van der Waals surface area contributed by atoms with E-state index in [-0.39, 0.29) is 30.3 Å². The van der Waals surface area contributed by atoms with Crippen molar-refractivity contribution in [3.8, 4) is 5.75 Å². The van der Waals surface area contributed by atoms with Crippen LogP contribution in [-0.2, 0) is 14.3 Å². The molecule has 0 radical (unpaired) electrons. The second-order valence-electron chi connectivity index (χ2n) is 6.19. The summed E-state index contributed by atoms with van der Waals surface area (Å²) in [5.74, 6) is -0.759. The van der Waals surface area contributed by atoms with E-state index in [4.69, 9.17) is 14.9 Å². The van der Waals surface area contributed by atoms with Crippen LogP contribution in [-0.4, -0.2) is 50.2 Å². The van der Waals surface area contributed by atoms with Crippen LogP contribution >= 0.6 is 11.8 Å². The van der Waals surface area contributed by atoms with Crippen LogP contribution in [0.5, 0.6) is 5.75 Å². The molecule has 3 N–H and O–H groups in total. The zero-order chi connectivity index (χ0) is 19.8. The first kappa shape index (κ1) is 20.9. The zero-order valence-corrected chi connectivity index (χ0v) is 15.6. The molecule has 1 fully saturated rings. The molecular weight excluding hydrogens is 374 g/mol. The van der Waals surface area contributed by atoms with Crippen LogP contribution in [0.1, 0.15) is 49.5 Å². The van der Waals surface area contributed by atoms with E-state index >= 15 is 0 Å². The highest BCUT2D eigenvalue weighted by Crippen LogP contribution is 2.44. The number of carboxylic acid groups (broad SMARTS) is 2. The van der Waals surface area contributed by atoms with E-state index in [1.54, 1.807) is 18.2 Å². The molecule has 0 saturated carbocycles. The third kappa shape index (κ3) is 6.06. The summed E-state index contributed by atoms with van der Waals surface area (Å²) >= 11 is 1.34. The van der Waals surface area contributed by atoms with E-state index in [2.05, 4.69) is 0 Å². The first-order valence-corrected chi connectivity index (χ1v) is 9.77. The van der Waals surface area contributed by atoms with Gasteiger partial charge in [0.2, 0.25) is 5.91 Å². The van der Waals surface area contributed by atoms with Crippen molar-refractivity contribution in [1.82, 2.24) is 4.90 Å². The Labute approximate surface area is 161 Å². The predicted octanol–water partition coefficient (Wildman–Crippen LogP) is 3.41. The Balaban J connectivity index is 2.00. The molecule has 1 amide bonds. The van der Waals surface area contributed by atoms with Crippen LogP contribution in [0.2, 0.25) is 0 Å². The zero-order valence-electron chi connectivity index (χ0n) is 14.7. The lowest BCUT2D eigenvalue weighted by Gasteiger charge is -2.28. The number of unbranched alkanes of at least 4 members (excludes halogenated alkanes) is 3. The number of hydrogen-bond acceptors (Lipinski definition) is 6. The number of thioether (sulfide) groups is 1. The van der Waals surface area contributed by atoms with Crippen molar-refractivity contribution in [2.45, 2.75) is 50.1 Å². The van der Waals surface area contributed by atoms with E-state index in [9.17, 15) is 19.5 Å². The van der Waals surface area contributed by atoms with Crippen molar-refractivity contribution >= 4 is 29.8 Å². The second kappa shape index (κ2) is 10.1. The summed E-state index contributed by atoms with van der Waals surface area (Å²) < 4.78 is 4.86. The molecule has 8 nitrogen and oxygen atoms in total. The number of carbonyl (C=O) groups excluding carboxylic acids is 1. The van der Waals surface area contributed by atoms with E-state index in [1.165, 1.54) is 22.7 Å². The molecule has 1 heterocycles. The first-order valence-electron chi connectivity index (χ1n) is 8.72. The molecule has 1 aliphatic heterocycles. The van der Waals surface area contributed by atoms with Gasteiger partial charge in [-0.2, -0.15) is 0 Å². The Morgan fingerprint density at radius 3 is 2.37 bits per heavy atom. The van der Waals surface area contributed by atoms with E-state index in [0.29, 0.717) is 31.2 Å². The molecule has 9 heteroatoms. The molecule has 2 rings (SSSR count). The van der Waals surface area contributed by atoms with Gasteiger partial charge in [0.25, 0.3) is 0 Å². The van der Waals surface area contributed by atoms with Gasteiger partial charge >= 0.3 is 12.1 Å². The Bertz CT molecular complexity index is 681. The van der Waals surface area contributed by atoms with Gasteiger partial charge in [-0.3, -0.25) is 14.5 Å². The predicted molar refractivity (Wildman–Crippen MR) is 98.4 cm³/mol. The van der Waals surface area contributed by atoms with Crippen molar-refractivity contribution in [1.29, 1.82) is 0 Å². The Morgan fingerprint density at radius 2 is 1.74 bits per heavy atom. The number of aliphatic carboxylic acids is 1. The number of aromatic hydroxyl groups is 1. The number of phenols is 1. The monoisotopic (exact) mass is 397 g/mol. The van der Waals surface area contributed by atoms with Crippen LogP contribution in [0.4, 0.5) is 4.79 Å². The Morgan fingerprint density at radius 1 is 1.07 bits per heavy atom. The fourth-order valence-corrected chi connectivity index (χ4v) is 4.32. The SMILES string of the molecule is O=C(O)CCCCCCC(=O)N1C(c2ccccc2O)SC[C@H]1OC(=O)O. The maximum absolute atomic E-state index is 12.7. The van der Waals surface area contributed by atoms with Crippen LogP contribution < -0.4 is 0 Å². The number of nitrogens with zero attached hydrogens (tertiary/aromatic N) is 1. The first-order chi connectivity index (χ1) is 12.9. The van der Waals surface area contributed by atoms with Gasteiger partial charge in [-0.15, -0.1) is 11.8 Å². The van der Waals surface area contributed by atoms with Crippen molar-refractivity contribution in [2.24, 2.45) is 0 Å². The normalized spacial score (nSPS) is 19.0. The van der Waals surface area contributed by atoms with E-state index in [1.807, 2.05) is 0 Å². The van der Waals surface area contributed by atoms with Crippen LogP contribution in [0.25, 0.3) is 0 Å². The summed E-state index contributed by atoms with van der Waals surface area (Å²) in [5, 5.41) is 27.1. The van der Waals surface area contributed by atoms with E-state index < -0.39 is 23.7 Å². The molecule has 1 unspecified atom stereocenters. The van der Waals surface area contributed by atoms with E-state index in [0.717, 1.165) is 0 Å². The number of para-hydroxylation sites is 1. The second-order valence-corrected chi connectivity index (χ2v) is 7.31. The Hall–Kier alpha value is -2.42. The quantitative estimate of drug-likeness (QED) is 0.428. The van der Waals surface area contributed by atoms with Crippen LogP contribution in [0.15, 0.2) is 24.3 Å². The summed E-state index contributed by atoms with van der Waals surface area (Å²) in [6.07, 6.45) is 0.526. The van der Waals surface area contributed by atoms with Crippen molar-refractivity contribution in [3.05, 3.63) is 29.8 Å². The molecule has 27 heavy (non-hydrogen) atoms. The standard InChI is InChI=1S/C18H23NO7S/c20-13-8-6-5-7-12(13)17-19(15(11-27-17)26-18(24)25)14(21)9-3-1-2-4-10-16(22)23/h5-8,15,17,20H,1-4,9-11H2,(H,22,23)(H,24,25)/t15-,17?/m1/s1. The summed E-state index contributed by atoms with van der Waals surface area (Å²) in [7, 11) is 0. The van der Waals surface area contributed by atoms with Gasteiger partial charge in [0.05, 0.1) is 5.75 Å². The number of ether oxygens (including phenoxy) is 1. The van der Waals surface area contributed by atoms with Gasteiger partial charge < -0.3 is 20.1 Å². The number of carbonyl (C=O) groups is 3. The average molecular weight is 397 g/mol. The fourth-order valence-electron chi connectivity index (χ4n) is 2.95. The largest absolute Gasteiger partial charge is 0.508 e. The molecule has 1 aromatic rings. The number of benzene rings is 1. The number of amides is 1. The molecule has 148 valence electrons. The molecule has 0 aliphatic carbocycles.